The maximum atomic E-state index is 2.49. The maximum absolute atomic E-state index is 2.49. The van der Waals surface area contributed by atoms with Crippen molar-refractivity contribution in [2.45, 2.75) is 46.6 Å². The van der Waals surface area contributed by atoms with Crippen LogP contribution in [0.5, 0.6) is 0 Å². The Hall–Kier alpha value is -0.0800. The largest absolute Gasteiger partial charge is 0.308 e. The standard InChI is InChI=1S/C14H32N2/c1-8-12(2)11-13(3)14(4)16(7)10-9-15(5)6/h12-14H,8-11H2,1-7H3. The van der Waals surface area contributed by atoms with Crippen molar-refractivity contribution in [3.8, 4) is 0 Å². The van der Waals surface area contributed by atoms with Crippen LogP contribution < -0.4 is 0 Å². The average molecular weight is 228 g/mol. The molecule has 0 aromatic carbocycles. The van der Waals surface area contributed by atoms with E-state index in [9.17, 15) is 0 Å². The second kappa shape index (κ2) is 8.08. The second-order valence-corrected chi connectivity index (χ2v) is 5.75. The predicted molar refractivity (Wildman–Crippen MR) is 73.9 cm³/mol. The molecule has 16 heavy (non-hydrogen) atoms. The lowest BCUT2D eigenvalue weighted by Crippen LogP contribution is -2.39. The molecular formula is C14H32N2. The van der Waals surface area contributed by atoms with E-state index in [1.54, 1.807) is 0 Å². The summed E-state index contributed by atoms with van der Waals surface area (Å²) in [5, 5.41) is 0. The smallest absolute Gasteiger partial charge is 0.0109 e. The molecule has 98 valence electrons. The zero-order valence-corrected chi connectivity index (χ0v) is 12.5. The van der Waals surface area contributed by atoms with Crippen LogP contribution in [-0.4, -0.2) is 50.1 Å². The van der Waals surface area contributed by atoms with Crippen LogP contribution in [0, 0.1) is 11.8 Å². The van der Waals surface area contributed by atoms with E-state index < -0.39 is 0 Å². The van der Waals surface area contributed by atoms with Crippen molar-refractivity contribution in [1.82, 2.24) is 9.80 Å². The molecule has 0 bridgehead atoms. The predicted octanol–water partition coefficient (Wildman–Crippen LogP) is 2.94. The van der Waals surface area contributed by atoms with Crippen molar-refractivity contribution >= 4 is 0 Å². The Labute approximate surface area is 103 Å². The molecular weight excluding hydrogens is 196 g/mol. The van der Waals surface area contributed by atoms with Gasteiger partial charge in [-0.25, -0.2) is 0 Å². The highest BCUT2D eigenvalue weighted by Gasteiger charge is 2.18. The molecule has 0 saturated heterocycles. The van der Waals surface area contributed by atoms with Gasteiger partial charge in [0.05, 0.1) is 0 Å². The van der Waals surface area contributed by atoms with Crippen LogP contribution in [0.2, 0.25) is 0 Å². The summed E-state index contributed by atoms with van der Waals surface area (Å²) in [6.07, 6.45) is 2.66. The number of likely N-dealkylation sites (N-methyl/N-ethyl adjacent to an activating group) is 2. The minimum absolute atomic E-state index is 0.689. The normalized spacial score (nSPS) is 17.8. The molecule has 0 N–H and O–H groups in total. The first-order chi connectivity index (χ1) is 7.38. The number of hydrogen-bond acceptors (Lipinski definition) is 2. The molecule has 0 aliphatic rings. The minimum Gasteiger partial charge on any atom is -0.308 e. The Kier molecular flexibility index (Phi) is 8.04. The fraction of sp³-hybridized carbons (Fsp3) is 1.00. The summed E-state index contributed by atoms with van der Waals surface area (Å²) >= 11 is 0. The highest BCUT2D eigenvalue weighted by atomic mass is 15.2. The lowest BCUT2D eigenvalue weighted by molar-refractivity contribution is 0.166. The Morgan fingerprint density at radius 3 is 1.94 bits per heavy atom. The van der Waals surface area contributed by atoms with Gasteiger partial charge in [0.25, 0.3) is 0 Å². The zero-order valence-electron chi connectivity index (χ0n) is 12.5. The molecule has 0 fully saturated rings. The first kappa shape index (κ1) is 15.9. The summed E-state index contributed by atoms with van der Waals surface area (Å²) in [5.41, 5.74) is 0. The molecule has 0 amide bonds. The van der Waals surface area contributed by atoms with E-state index in [4.69, 9.17) is 0 Å². The van der Waals surface area contributed by atoms with Gasteiger partial charge in [0.2, 0.25) is 0 Å². The van der Waals surface area contributed by atoms with Crippen LogP contribution in [0.25, 0.3) is 0 Å². The molecule has 0 spiro atoms. The third kappa shape index (κ3) is 6.49. The van der Waals surface area contributed by atoms with Gasteiger partial charge in [0, 0.05) is 19.1 Å². The summed E-state index contributed by atoms with van der Waals surface area (Å²) in [7, 11) is 6.53. The van der Waals surface area contributed by atoms with Crippen LogP contribution in [0.4, 0.5) is 0 Å². The Morgan fingerprint density at radius 1 is 0.938 bits per heavy atom. The van der Waals surface area contributed by atoms with Crippen molar-refractivity contribution in [1.29, 1.82) is 0 Å². The molecule has 3 atom stereocenters. The van der Waals surface area contributed by atoms with Gasteiger partial charge >= 0.3 is 0 Å². The van der Waals surface area contributed by atoms with Gasteiger partial charge in [-0.3, -0.25) is 0 Å². The highest BCUT2D eigenvalue weighted by molar-refractivity contribution is 4.72. The number of nitrogens with zero attached hydrogens (tertiary/aromatic N) is 2. The average Bonchev–Trinajstić information content (AvgIpc) is 2.24. The molecule has 0 aromatic heterocycles. The van der Waals surface area contributed by atoms with E-state index >= 15 is 0 Å². The molecule has 0 heterocycles. The summed E-state index contributed by atoms with van der Waals surface area (Å²) in [6, 6.07) is 0.689. The molecule has 2 heteroatoms. The van der Waals surface area contributed by atoms with E-state index in [1.165, 1.54) is 19.4 Å². The van der Waals surface area contributed by atoms with Crippen molar-refractivity contribution in [2.75, 3.05) is 34.2 Å². The molecule has 0 aromatic rings. The SMILES string of the molecule is CCC(C)CC(C)C(C)N(C)CCN(C)C. The van der Waals surface area contributed by atoms with Gasteiger partial charge in [-0.2, -0.15) is 0 Å². The van der Waals surface area contributed by atoms with Gasteiger partial charge in [-0.15, -0.1) is 0 Å². The number of rotatable bonds is 8. The molecule has 0 aliphatic carbocycles. The minimum atomic E-state index is 0.689. The van der Waals surface area contributed by atoms with E-state index in [-0.39, 0.29) is 0 Å². The van der Waals surface area contributed by atoms with Crippen LogP contribution in [0.1, 0.15) is 40.5 Å². The Balaban J connectivity index is 3.95. The van der Waals surface area contributed by atoms with E-state index in [0.717, 1.165) is 18.4 Å². The summed E-state index contributed by atoms with van der Waals surface area (Å²) < 4.78 is 0. The van der Waals surface area contributed by atoms with Crippen LogP contribution in [-0.2, 0) is 0 Å². The van der Waals surface area contributed by atoms with E-state index in [1.807, 2.05) is 0 Å². The quantitative estimate of drug-likeness (QED) is 0.630. The van der Waals surface area contributed by atoms with Crippen molar-refractivity contribution in [3.05, 3.63) is 0 Å². The van der Waals surface area contributed by atoms with Crippen LogP contribution >= 0.6 is 0 Å². The summed E-state index contributed by atoms with van der Waals surface area (Å²) in [5.74, 6) is 1.65. The molecule has 2 nitrogen and oxygen atoms in total. The molecule has 3 unspecified atom stereocenters. The van der Waals surface area contributed by atoms with E-state index in [0.29, 0.717) is 6.04 Å². The third-order valence-corrected chi connectivity index (χ3v) is 3.89. The summed E-state index contributed by atoms with van der Waals surface area (Å²) in [6.45, 7) is 11.7. The Bertz CT molecular complexity index is 168. The first-order valence-electron chi connectivity index (χ1n) is 6.73. The number of hydrogen-bond donors (Lipinski definition) is 0. The molecule has 0 radical (unpaired) electrons. The lowest BCUT2D eigenvalue weighted by atomic mass is 9.90. The fourth-order valence-corrected chi connectivity index (χ4v) is 1.99. The second-order valence-electron chi connectivity index (χ2n) is 5.75. The van der Waals surface area contributed by atoms with Crippen molar-refractivity contribution < 1.29 is 0 Å². The molecule has 0 saturated carbocycles. The fourth-order valence-electron chi connectivity index (χ4n) is 1.99. The van der Waals surface area contributed by atoms with Gasteiger partial charge in [0.15, 0.2) is 0 Å². The highest BCUT2D eigenvalue weighted by Crippen LogP contribution is 2.20. The monoisotopic (exact) mass is 228 g/mol. The summed E-state index contributed by atoms with van der Waals surface area (Å²) in [4.78, 5) is 4.75. The topological polar surface area (TPSA) is 6.48 Å². The van der Waals surface area contributed by atoms with Gasteiger partial charge < -0.3 is 9.80 Å². The van der Waals surface area contributed by atoms with Gasteiger partial charge in [-0.05, 0) is 46.3 Å². The third-order valence-electron chi connectivity index (χ3n) is 3.89. The van der Waals surface area contributed by atoms with Crippen molar-refractivity contribution in [2.24, 2.45) is 11.8 Å². The first-order valence-corrected chi connectivity index (χ1v) is 6.73. The van der Waals surface area contributed by atoms with Crippen LogP contribution in [0.15, 0.2) is 0 Å². The molecule has 0 rings (SSSR count). The maximum Gasteiger partial charge on any atom is 0.0109 e. The Morgan fingerprint density at radius 2 is 1.50 bits per heavy atom. The molecule has 0 aliphatic heterocycles. The van der Waals surface area contributed by atoms with Gasteiger partial charge in [-0.1, -0.05) is 27.2 Å². The van der Waals surface area contributed by atoms with Crippen LogP contribution in [0.3, 0.4) is 0 Å². The lowest BCUT2D eigenvalue weighted by Gasteiger charge is -2.32. The van der Waals surface area contributed by atoms with E-state index in [2.05, 4.69) is 58.6 Å². The zero-order chi connectivity index (χ0) is 12.7. The van der Waals surface area contributed by atoms with Crippen molar-refractivity contribution in [3.63, 3.8) is 0 Å². The van der Waals surface area contributed by atoms with Gasteiger partial charge in [0.1, 0.15) is 0 Å².